The van der Waals surface area contributed by atoms with Crippen molar-refractivity contribution in [1.29, 1.82) is 0 Å². The number of thiazole rings is 1. The number of nitrogens with one attached hydrogen (secondary N) is 1. The molecule has 0 saturated heterocycles. The number of aryl methyl sites for hydroxylation is 1. The second-order valence-corrected chi connectivity index (χ2v) is 8.15. The molecule has 4 rings (SSSR count). The molecule has 0 bridgehead atoms. The number of hydrogen-bond acceptors (Lipinski definition) is 3. The van der Waals surface area contributed by atoms with Crippen LogP contribution in [0.4, 0.5) is 5.69 Å². The molecule has 0 saturated carbocycles. The summed E-state index contributed by atoms with van der Waals surface area (Å²) in [5.74, 6) is -0.138. The predicted molar refractivity (Wildman–Crippen MR) is 117 cm³/mol. The van der Waals surface area contributed by atoms with E-state index in [-0.39, 0.29) is 12.3 Å². The Bertz CT molecular complexity index is 1130. The molecule has 0 radical (unpaired) electrons. The van der Waals surface area contributed by atoms with Crippen molar-refractivity contribution in [3.05, 3.63) is 75.3 Å². The van der Waals surface area contributed by atoms with Crippen LogP contribution in [0.3, 0.4) is 0 Å². The van der Waals surface area contributed by atoms with Gasteiger partial charge in [0, 0.05) is 38.6 Å². The molecule has 7 heteroatoms. The maximum atomic E-state index is 12.5. The van der Waals surface area contributed by atoms with Crippen LogP contribution in [-0.2, 0) is 17.6 Å². The van der Waals surface area contributed by atoms with E-state index in [0.717, 1.165) is 28.3 Å². The fraction of sp³-hybridized carbons (Fsp3) is 0.143. The summed E-state index contributed by atoms with van der Waals surface area (Å²) in [7, 11) is 0. The minimum absolute atomic E-state index is 0.138. The Morgan fingerprint density at radius 3 is 2.54 bits per heavy atom. The zero-order chi connectivity index (χ0) is 19.7. The zero-order valence-corrected chi connectivity index (χ0v) is 17.4. The number of rotatable bonds is 5. The molecule has 142 valence electrons. The van der Waals surface area contributed by atoms with E-state index in [1.165, 1.54) is 16.9 Å². The molecule has 2 heterocycles. The van der Waals surface area contributed by atoms with E-state index in [1.54, 1.807) is 18.2 Å². The van der Waals surface area contributed by atoms with Gasteiger partial charge in [-0.25, -0.2) is 4.98 Å². The van der Waals surface area contributed by atoms with Gasteiger partial charge in [-0.3, -0.25) is 9.20 Å². The van der Waals surface area contributed by atoms with E-state index in [4.69, 9.17) is 23.2 Å². The maximum Gasteiger partial charge on any atom is 0.230 e. The van der Waals surface area contributed by atoms with Gasteiger partial charge in [-0.05, 0) is 30.2 Å². The SMILES string of the molecule is CCc1ccc(-c2cn3c(CC(=O)Nc4cc(Cl)cc(Cl)c4)csc3n2)cc1. The average Bonchev–Trinajstić information content (AvgIpc) is 3.23. The third kappa shape index (κ3) is 4.07. The average molecular weight is 430 g/mol. The van der Waals surface area contributed by atoms with Crippen molar-refractivity contribution in [2.75, 3.05) is 5.32 Å². The van der Waals surface area contributed by atoms with Crippen LogP contribution in [-0.4, -0.2) is 15.3 Å². The first-order chi connectivity index (χ1) is 13.5. The molecule has 0 fully saturated rings. The number of hydrogen-bond donors (Lipinski definition) is 1. The molecule has 28 heavy (non-hydrogen) atoms. The van der Waals surface area contributed by atoms with Crippen LogP contribution in [0.25, 0.3) is 16.2 Å². The molecule has 4 nitrogen and oxygen atoms in total. The van der Waals surface area contributed by atoms with Crippen molar-refractivity contribution >= 4 is 51.1 Å². The Kier molecular flexibility index (Phi) is 5.40. The highest BCUT2D eigenvalue weighted by atomic mass is 35.5. The van der Waals surface area contributed by atoms with Crippen LogP contribution in [0.2, 0.25) is 10.0 Å². The summed E-state index contributed by atoms with van der Waals surface area (Å²) in [5, 5.41) is 5.76. The molecule has 0 atom stereocenters. The third-order valence-corrected chi connectivity index (χ3v) is 5.75. The summed E-state index contributed by atoms with van der Waals surface area (Å²) >= 11 is 13.5. The molecule has 4 aromatic rings. The van der Waals surface area contributed by atoms with Gasteiger partial charge in [-0.2, -0.15) is 0 Å². The smallest absolute Gasteiger partial charge is 0.230 e. The Morgan fingerprint density at radius 2 is 1.86 bits per heavy atom. The number of fused-ring (bicyclic) bond motifs is 1. The first-order valence-electron chi connectivity index (χ1n) is 8.82. The minimum atomic E-state index is -0.138. The van der Waals surface area contributed by atoms with Crippen LogP contribution >= 0.6 is 34.5 Å². The first kappa shape index (κ1) is 19.0. The van der Waals surface area contributed by atoms with Gasteiger partial charge in [0.25, 0.3) is 0 Å². The third-order valence-electron chi connectivity index (χ3n) is 4.43. The number of aromatic nitrogens is 2. The number of imidazole rings is 1. The normalized spacial score (nSPS) is 11.1. The Hall–Kier alpha value is -2.34. The lowest BCUT2D eigenvalue weighted by Crippen LogP contribution is -2.15. The quantitative estimate of drug-likeness (QED) is 0.415. The van der Waals surface area contributed by atoms with E-state index in [9.17, 15) is 4.79 Å². The van der Waals surface area contributed by atoms with Crippen LogP contribution in [0.5, 0.6) is 0 Å². The number of halogens is 2. The van der Waals surface area contributed by atoms with Crippen molar-refractivity contribution in [3.63, 3.8) is 0 Å². The fourth-order valence-corrected chi connectivity index (χ4v) is 4.40. The van der Waals surface area contributed by atoms with Crippen LogP contribution in [0, 0.1) is 0 Å². The number of benzene rings is 2. The van der Waals surface area contributed by atoms with E-state index in [2.05, 4.69) is 41.5 Å². The summed E-state index contributed by atoms with van der Waals surface area (Å²) in [6.07, 6.45) is 3.22. The second-order valence-electron chi connectivity index (χ2n) is 6.44. The first-order valence-corrected chi connectivity index (χ1v) is 10.5. The number of carbonyl (C=O) groups excluding carboxylic acids is 1. The van der Waals surface area contributed by atoms with E-state index in [0.29, 0.717) is 15.7 Å². The Balaban J connectivity index is 1.54. The molecule has 0 aliphatic carbocycles. The standard InChI is InChI=1S/C21H17Cl2N3OS/c1-2-13-3-5-14(6-4-13)19-11-26-18(12-28-21(26)25-19)10-20(27)24-17-8-15(22)7-16(23)9-17/h3-9,11-12H,2,10H2,1H3,(H,24,27). The van der Waals surface area contributed by atoms with Gasteiger partial charge in [-0.1, -0.05) is 54.4 Å². The summed E-state index contributed by atoms with van der Waals surface area (Å²) in [6, 6.07) is 13.4. The van der Waals surface area contributed by atoms with Crippen molar-refractivity contribution in [2.24, 2.45) is 0 Å². The van der Waals surface area contributed by atoms with Gasteiger partial charge in [0.1, 0.15) is 0 Å². The topological polar surface area (TPSA) is 46.4 Å². The molecular weight excluding hydrogens is 413 g/mol. The van der Waals surface area contributed by atoms with Crippen molar-refractivity contribution in [2.45, 2.75) is 19.8 Å². The number of carbonyl (C=O) groups is 1. The highest BCUT2D eigenvalue weighted by Crippen LogP contribution is 2.25. The van der Waals surface area contributed by atoms with E-state index in [1.807, 2.05) is 16.0 Å². The highest BCUT2D eigenvalue weighted by Gasteiger charge is 2.13. The van der Waals surface area contributed by atoms with Gasteiger partial charge in [0.15, 0.2) is 4.96 Å². The number of nitrogens with zero attached hydrogens (tertiary/aromatic N) is 2. The summed E-state index contributed by atoms with van der Waals surface area (Å²) in [5.41, 5.74) is 4.73. The molecule has 2 aromatic heterocycles. The molecule has 1 amide bonds. The van der Waals surface area contributed by atoms with E-state index < -0.39 is 0 Å². The molecule has 0 spiro atoms. The van der Waals surface area contributed by atoms with Crippen molar-refractivity contribution in [1.82, 2.24) is 9.38 Å². The lowest BCUT2D eigenvalue weighted by Gasteiger charge is -2.06. The zero-order valence-electron chi connectivity index (χ0n) is 15.1. The summed E-state index contributed by atoms with van der Waals surface area (Å²) in [4.78, 5) is 18.0. The predicted octanol–water partition coefficient (Wildman–Crippen LogP) is 6.11. The van der Waals surface area contributed by atoms with Crippen LogP contribution in [0.1, 0.15) is 18.2 Å². The molecule has 1 N–H and O–H groups in total. The summed E-state index contributed by atoms with van der Waals surface area (Å²) < 4.78 is 1.97. The lowest BCUT2D eigenvalue weighted by molar-refractivity contribution is -0.115. The number of amides is 1. The fourth-order valence-electron chi connectivity index (χ4n) is 3.00. The van der Waals surface area contributed by atoms with Crippen molar-refractivity contribution in [3.8, 4) is 11.3 Å². The lowest BCUT2D eigenvalue weighted by atomic mass is 10.1. The van der Waals surface area contributed by atoms with Crippen molar-refractivity contribution < 1.29 is 4.79 Å². The second kappa shape index (κ2) is 7.95. The molecular formula is C21H17Cl2N3OS. The van der Waals surface area contributed by atoms with E-state index >= 15 is 0 Å². The van der Waals surface area contributed by atoms with Gasteiger partial charge >= 0.3 is 0 Å². The monoisotopic (exact) mass is 429 g/mol. The van der Waals surface area contributed by atoms with Gasteiger partial charge in [0.2, 0.25) is 5.91 Å². The molecule has 0 unspecified atom stereocenters. The van der Waals surface area contributed by atoms with Crippen LogP contribution in [0.15, 0.2) is 54.0 Å². The maximum absolute atomic E-state index is 12.5. The summed E-state index contributed by atoms with van der Waals surface area (Å²) in [6.45, 7) is 2.14. The number of anilines is 1. The Morgan fingerprint density at radius 1 is 1.14 bits per heavy atom. The largest absolute Gasteiger partial charge is 0.326 e. The highest BCUT2D eigenvalue weighted by molar-refractivity contribution is 7.15. The molecule has 2 aromatic carbocycles. The minimum Gasteiger partial charge on any atom is -0.326 e. The Labute approximate surface area is 176 Å². The molecule has 0 aliphatic heterocycles. The molecule has 0 aliphatic rings. The van der Waals surface area contributed by atoms with Gasteiger partial charge in [0.05, 0.1) is 12.1 Å². The van der Waals surface area contributed by atoms with Crippen LogP contribution < -0.4 is 5.32 Å². The van der Waals surface area contributed by atoms with Gasteiger partial charge in [-0.15, -0.1) is 11.3 Å². The van der Waals surface area contributed by atoms with Gasteiger partial charge < -0.3 is 5.32 Å².